The van der Waals surface area contributed by atoms with Gasteiger partial charge >= 0.3 is 0 Å². The number of aromatic nitrogens is 1. The van der Waals surface area contributed by atoms with Crippen LogP contribution in [-0.2, 0) is 6.54 Å². The average Bonchev–Trinajstić information content (AvgIpc) is 2.93. The van der Waals surface area contributed by atoms with Crippen molar-refractivity contribution in [2.24, 2.45) is 16.6 Å². The molecule has 3 N–H and O–H groups in total. The molecule has 0 bridgehead atoms. The lowest BCUT2D eigenvalue weighted by molar-refractivity contribution is 0.315. The molecule has 1 aromatic heterocycles. The third kappa shape index (κ3) is 3.99. The predicted octanol–water partition coefficient (Wildman–Crippen LogP) is 3.67. The van der Waals surface area contributed by atoms with E-state index in [0.29, 0.717) is 12.5 Å². The second-order valence-corrected chi connectivity index (χ2v) is 7.07. The van der Waals surface area contributed by atoms with E-state index < -0.39 is 0 Å². The third-order valence-electron chi connectivity index (χ3n) is 3.85. The highest BCUT2D eigenvalue weighted by molar-refractivity contribution is 7.15. The fraction of sp³-hybridized carbons (Fsp3) is 0.375. The highest BCUT2D eigenvalue weighted by Gasteiger charge is 2.16. The molecule has 3 rings (SSSR count). The molecule has 4 nitrogen and oxygen atoms in total. The van der Waals surface area contributed by atoms with Gasteiger partial charge in [-0.05, 0) is 30.9 Å². The summed E-state index contributed by atoms with van der Waals surface area (Å²) in [5.74, 6) is 1.29. The predicted molar refractivity (Wildman–Crippen MR) is 93.2 cm³/mol. The Morgan fingerprint density at radius 2 is 2.14 bits per heavy atom. The van der Waals surface area contributed by atoms with Crippen LogP contribution in [0.2, 0.25) is 5.02 Å². The highest BCUT2D eigenvalue weighted by atomic mass is 35.5. The van der Waals surface area contributed by atoms with Gasteiger partial charge in [-0.1, -0.05) is 30.2 Å². The zero-order valence-corrected chi connectivity index (χ0v) is 13.8. The summed E-state index contributed by atoms with van der Waals surface area (Å²) < 4.78 is 0. The largest absolute Gasteiger partial charge is 0.370 e. The minimum atomic E-state index is 0.522. The summed E-state index contributed by atoms with van der Waals surface area (Å²) in [5, 5.41) is 4.90. The van der Waals surface area contributed by atoms with Crippen molar-refractivity contribution in [2.45, 2.75) is 25.8 Å². The second kappa shape index (κ2) is 7.11. The molecule has 6 heteroatoms. The summed E-state index contributed by atoms with van der Waals surface area (Å²) in [4.78, 5) is 9.91. The summed E-state index contributed by atoms with van der Waals surface area (Å²) in [6.45, 7) is 1.50. The van der Waals surface area contributed by atoms with Crippen molar-refractivity contribution in [3.8, 4) is 10.6 Å². The lowest BCUT2D eigenvalue weighted by Crippen LogP contribution is -2.37. The lowest BCUT2D eigenvalue weighted by Gasteiger charge is -2.25. The van der Waals surface area contributed by atoms with Crippen LogP contribution in [0.1, 0.15) is 24.1 Å². The Morgan fingerprint density at radius 3 is 2.82 bits per heavy atom. The Kier molecular flexibility index (Phi) is 4.95. The van der Waals surface area contributed by atoms with Crippen LogP contribution in [0.4, 0.5) is 0 Å². The minimum Gasteiger partial charge on any atom is -0.370 e. The molecule has 1 fully saturated rings. The summed E-state index contributed by atoms with van der Waals surface area (Å²) >= 11 is 7.53. The molecular formula is C16H19ClN4S. The molecule has 0 aliphatic heterocycles. The van der Waals surface area contributed by atoms with E-state index in [9.17, 15) is 0 Å². The fourth-order valence-electron chi connectivity index (χ4n) is 2.27. The second-order valence-electron chi connectivity index (χ2n) is 5.52. The molecule has 1 heterocycles. The van der Waals surface area contributed by atoms with Crippen molar-refractivity contribution in [3.63, 3.8) is 0 Å². The van der Waals surface area contributed by atoms with Gasteiger partial charge in [-0.25, -0.2) is 9.98 Å². The molecule has 0 atom stereocenters. The number of guanidine groups is 1. The lowest BCUT2D eigenvalue weighted by atomic mass is 9.85. The van der Waals surface area contributed by atoms with Gasteiger partial charge in [0, 0.05) is 28.2 Å². The number of thiazole rings is 1. The zero-order valence-electron chi connectivity index (χ0n) is 12.3. The standard InChI is InChI=1S/C16H19ClN4S/c17-13-6-4-12(5-7-13)15-19-9-14(22-15)10-21-16(18)20-8-11-2-1-3-11/h4-7,9,11H,1-3,8,10H2,(H3,18,20,21). The quantitative estimate of drug-likeness (QED) is 0.647. The number of hydrogen-bond donors (Lipinski definition) is 2. The number of aliphatic imine (C=N–C) groups is 1. The van der Waals surface area contributed by atoms with Gasteiger partial charge in [-0.3, -0.25) is 0 Å². The Morgan fingerprint density at radius 1 is 1.36 bits per heavy atom. The summed E-state index contributed by atoms with van der Waals surface area (Å²) in [6, 6.07) is 7.70. The van der Waals surface area contributed by atoms with Gasteiger partial charge in [0.25, 0.3) is 0 Å². The maximum atomic E-state index is 5.90. The molecule has 1 aliphatic rings. The van der Waals surface area contributed by atoms with Crippen LogP contribution in [0, 0.1) is 5.92 Å². The number of hydrogen-bond acceptors (Lipinski definition) is 3. The third-order valence-corrected chi connectivity index (χ3v) is 5.13. The van der Waals surface area contributed by atoms with Gasteiger partial charge in [-0.15, -0.1) is 11.3 Å². The molecule has 1 saturated carbocycles. The first-order chi connectivity index (χ1) is 10.7. The van der Waals surface area contributed by atoms with E-state index in [2.05, 4.69) is 15.3 Å². The van der Waals surface area contributed by atoms with E-state index in [1.807, 2.05) is 30.5 Å². The Hall–Kier alpha value is -1.59. The smallest absolute Gasteiger partial charge is 0.188 e. The van der Waals surface area contributed by atoms with Crippen LogP contribution in [0.3, 0.4) is 0 Å². The summed E-state index contributed by atoms with van der Waals surface area (Å²) in [5.41, 5.74) is 6.96. The van der Waals surface area contributed by atoms with Gasteiger partial charge in [0.15, 0.2) is 5.96 Å². The normalized spacial score (nSPS) is 15.6. The maximum Gasteiger partial charge on any atom is 0.188 e. The van der Waals surface area contributed by atoms with Crippen molar-refractivity contribution in [3.05, 3.63) is 40.4 Å². The van der Waals surface area contributed by atoms with E-state index in [1.54, 1.807) is 11.3 Å². The van der Waals surface area contributed by atoms with Gasteiger partial charge in [0.1, 0.15) is 5.01 Å². The van der Waals surface area contributed by atoms with Crippen molar-refractivity contribution in [1.29, 1.82) is 0 Å². The molecular weight excluding hydrogens is 316 g/mol. The van der Waals surface area contributed by atoms with Crippen molar-refractivity contribution < 1.29 is 0 Å². The van der Waals surface area contributed by atoms with E-state index >= 15 is 0 Å². The molecule has 0 saturated heterocycles. The fourth-order valence-corrected chi connectivity index (χ4v) is 3.24. The monoisotopic (exact) mass is 334 g/mol. The number of rotatable bonds is 5. The minimum absolute atomic E-state index is 0.522. The number of nitrogens with two attached hydrogens (primary N) is 1. The molecule has 2 aromatic rings. The van der Waals surface area contributed by atoms with Gasteiger partial charge in [0.05, 0.1) is 6.54 Å². The van der Waals surface area contributed by atoms with Crippen LogP contribution < -0.4 is 11.1 Å². The first-order valence-corrected chi connectivity index (χ1v) is 8.64. The molecule has 0 spiro atoms. The molecule has 22 heavy (non-hydrogen) atoms. The first kappa shape index (κ1) is 15.3. The molecule has 0 unspecified atom stereocenters. The van der Waals surface area contributed by atoms with Gasteiger partial charge in [-0.2, -0.15) is 0 Å². The highest BCUT2D eigenvalue weighted by Crippen LogP contribution is 2.27. The van der Waals surface area contributed by atoms with E-state index in [0.717, 1.165) is 32.9 Å². The topological polar surface area (TPSA) is 63.3 Å². The van der Waals surface area contributed by atoms with E-state index in [1.165, 1.54) is 19.3 Å². The van der Waals surface area contributed by atoms with Crippen molar-refractivity contribution >= 4 is 28.9 Å². The summed E-state index contributed by atoms with van der Waals surface area (Å²) in [7, 11) is 0. The Balaban J connectivity index is 1.55. The summed E-state index contributed by atoms with van der Waals surface area (Å²) in [6.07, 6.45) is 5.81. The number of nitrogens with zero attached hydrogens (tertiary/aromatic N) is 2. The molecule has 0 radical (unpaired) electrons. The van der Waals surface area contributed by atoms with Gasteiger partial charge < -0.3 is 11.1 Å². The van der Waals surface area contributed by atoms with Crippen LogP contribution in [0.15, 0.2) is 35.5 Å². The van der Waals surface area contributed by atoms with Crippen LogP contribution in [0.5, 0.6) is 0 Å². The molecule has 1 aliphatic carbocycles. The number of nitrogens with one attached hydrogen (secondary N) is 1. The van der Waals surface area contributed by atoms with Crippen molar-refractivity contribution in [2.75, 3.05) is 6.54 Å². The van der Waals surface area contributed by atoms with E-state index in [4.69, 9.17) is 17.3 Å². The van der Waals surface area contributed by atoms with E-state index in [-0.39, 0.29) is 0 Å². The first-order valence-electron chi connectivity index (χ1n) is 7.45. The SMILES string of the molecule is NC(=NCc1cnc(-c2ccc(Cl)cc2)s1)NCC1CCC1. The van der Waals surface area contributed by atoms with Crippen LogP contribution in [-0.4, -0.2) is 17.5 Å². The van der Waals surface area contributed by atoms with Gasteiger partial charge in [0.2, 0.25) is 0 Å². The molecule has 0 amide bonds. The van der Waals surface area contributed by atoms with Crippen LogP contribution in [0.25, 0.3) is 10.6 Å². The Labute approximate surface area is 139 Å². The maximum absolute atomic E-state index is 5.90. The number of halogens is 1. The number of benzene rings is 1. The zero-order chi connectivity index (χ0) is 15.4. The van der Waals surface area contributed by atoms with Crippen LogP contribution >= 0.6 is 22.9 Å². The Bertz CT molecular complexity index is 646. The van der Waals surface area contributed by atoms with Crippen molar-refractivity contribution in [1.82, 2.24) is 10.3 Å². The molecule has 116 valence electrons. The molecule has 1 aromatic carbocycles. The average molecular weight is 335 g/mol.